The van der Waals surface area contributed by atoms with Gasteiger partial charge in [0.05, 0.1) is 6.61 Å². The molecule has 1 saturated heterocycles. The Morgan fingerprint density at radius 3 is 2.68 bits per heavy atom. The fourth-order valence-corrected chi connectivity index (χ4v) is 4.03. The van der Waals surface area contributed by atoms with E-state index < -0.39 is 0 Å². The fourth-order valence-electron chi connectivity index (χ4n) is 4.03. The third-order valence-electron chi connectivity index (χ3n) is 5.77. The van der Waals surface area contributed by atoms with Gasteiger partial charge in [-0.1, -0.05) is 18.2 Å². The Balaban J connectivity index is 1.18. The molecular formula is C25H28N2O4. The standard InChI is InChI=1S/C25H28N2O4/c1-18-16-24(28)31-23-9-8-21(17-22(18)23)30-15-5-12-27-13-10-20(11-14-27)26-25(29)19-6-3-2-4-7-19/h2-4,6-9,16-17,20H,5,10-15H2,1H3,(H,26,29). The minimum Gasteiger partial charge on any atom is -0.494 e. The topological polar surface area (TPSA) is 71.8 Å². The molecule has 2 heterocycles. The van der Waals surface area contributed by atoms with Gasteiger partial charge in [-0.3, -0.25) is 4.79 Å². The van der Waals surface area contributed by atoms with Crippen LogP contribution in [-0.2, 0) is 0 Å². The van der Waals surface area contributed by atoms with Crippen LogP contribution < -0.4 is 15.7 Å². The van der Waals surface area contributed by atoms with E-state index in [0.29, 0.717) is 17.8 Å². The van der Waals surface area contributed by atoms with Crippen molar-refractivity contribution in [1.82, 2.24) is 10.2 Å². The normalized spacial score (nSPS) is 15.1. The number of carbonyl (C=O) groups excluding carboxylic acids is 1. The van der Waals surface area contributed by atoms with Gasteiger partial charge in [-0.05, 0) is 62.1 Å². The molecule has 162 valence electrons. The molecule has 0 radical (unpaired) electrons. The lowest BCUT2D eigenvalue weighted by atomic mass is 10.0. The van der Waals surface area contributed by atoms with Crippen LogP contribution in [0, 0.1) is 6.92 Å². The summed E-state index contributed by atoms with van der Waals surface area (Å²) in [6.07, 6.45) is 2.87. The Morgan fingerprint density at radius 1 is 1.13 bits per heavy atom. The van der Waals surface area contributed by atoms with Gasteiger partial charge < -0.3 is 19.4 Å². The van der Waals surface area contributed by atoms with Crippen molar-refractivity contribution in [3.8, 4) is 5.75 Å². The summed E-state index contributed by atoms with van der Waals surface area (Å²) in [4.78, 5) is 26.2. The van der Waals surface area contributed by atoms with Gasteiger partial charge in [-0.2, -0.15) is 0 Å². The lowest BCUT2D eigenvalue weighted by molar-refractivity contribution is 0.0909. The zero-order valence-corrected chi connectivity index (χ0v) is 17.8. The molecule has 4 rings (SSSR count). The number of hydrogen-bond donors (Lipinski definition) is 1. The Morgan fingerprint density at radius 2 is 1.90 bits per heavy atom. The van der Waals surface area contributed by atoms with Gasteiger partial charge >= 0.3 is 5.63 Å². The van der Waals surface area contributed by atoms with E-state index >= 15 is 0 Å². The average Bonchev–Trinajstić information content (AvgIpc) is 2.78. The number of nitrogens with one attached hydrogen (secondary N) is 1. The van der Waals surface area contributed by atoms with E-state index in [-0.39, 0.29) is 17.6 Å². The highest BCUT2D eigenvalue weighted by Gasteiger charge is 2.20. The van der Waals surface area contributed by atoms with Crippen molar-refractivity contribution < 1.29 is 13.9 Å². The first-order valence-corrected chi connectivity index (χ1v) is 10.8. The number of piperidine rings is 1. The number of aryl methyl sites for hydroxylation is 1. The number of benzene rings is 2. The van der Waals surface area contributed by atoms with E-state index in [0.717, 1.165) is 55.6 Å². The third-order valence-corrected chi connectivity index (χ3v) is 5.77. The zero-order valence-electron chi connectivity index (χ0n) is 17.8. The van der Waals surface area contributed by atoms with E-state index in [1.165, 1.54) is 6.07 Å². The minimum absolute atomic E-state index is 0.0114. The molecule has 6 nitrogen and oxygen atoms in total. The van der Waals surface area contributed by atoms with E-state index in [1.807, 2.05) is 49.4 Å². The summed E-state index contributed by atoms with van der Waals surface area (Å²) in [5.74, 6) is 0.795. The molecule has 1 aromatic heterocycles. The number of carbonyl (C=O) groups is 1. The lowest BCUT2D eigenvalue weighted by Gasteiger charge is -2.32. The Hall–Kier alpha value is -3.12. The maximum atomic E-state index is 12.3. The SMILES string of the molecule is Cc1cc(=O)oc2ccc(OCCCN3CCC(NC(=O)c4ccccc4)CC3)cc12. The average molecular weight is 421 g/mol. The van der Waals surface area contributed by atoms with Crippen LogP contribution in [0.4, 0.5) is 0 Å². The lowest BCUT2D eigenvalue weighted by Crippen LogP contribution is -2.45. The van der Waals surface area contributed by atoms with Crippen LogP contribution in [0.3, 0.4) is 0 Å². The van der Waals surface area contributed by atoms with E-state index in [2.05, 4.69) is 10.2 Å². The van der Waals surface area contributed by atoms with Crippen LogP contribution in [0.2, 0.25) is 0 Å². The summed E-state index contributed by atoms with van der Waals surface area (Å²) in [5, 5.41) is 4.05. The molecule has 0 saturated carbocycles. The van der Waals surface area contributed by atoms with Crippen LogP contribution in [0.15, 0.2) is 63.8 Å². The first kappa shape index (κ1) is 21.1. The Labute approximate surface area is 181 Å². The highest BCUT2D eigenvalue weighted by atomic mass is 16.5. The fraction of sp³-hybridized carbons (Fsp3) is 0.360. The summed E-state index contributed by atoms with van der Waals surface area (Å²) in [6.45, 7) is 5.46. The molecule has 2 aromatic carbocycles. The van der Waals surface area contributed by atoms with Crippen LogP contribution in [0.5, 0.6) is 5.75 Å². The second-order valence-corrected chi connectivity index (χ2v) is 8.06. The number of nitrogens with zero attached hydrogens (tertiary/aromatic N) is 1. The molecule has 1 fully saturated rings. The van der Waals surface area contributed by atoms with Crippen LogP contribution >= 0.6 is 0 Å². The summed E-state index contributed by atoms with van der Waals surface area (Å²) in [5.41, 5.74) is 1.86. The molecule has 1 aliphatic heterocycles. The van der Waals surface area contributed by atoms with E-state index in [1.54, 1.807) is 6.07 Å². The van der Waals surface area contributed by atoms with Crippen molar-refractivity contribution in [1.29, 1.82) is 0 Å². The molecule has 31 heavy (non-hydrogen) atoms. The molecule has 1 amide bonds. The molecule has 0 spiro atoms. The summed E-state index contributed by atoms with van der Waals surface area (Å²) >= 11 is 0. The van der Waals surface area contributed by atoms with Gasteiger partial charge in [0, 0.05) is 42.7 Å². The monoisotopic (exact) mass is 420 g/mol. The molecule has 1 N–H and O–H groups in total. The number of hydrogen-bond acceptors (Lipinski definition) is 5. The molecule has 0 bridgehead atoms. The van der Waals surface area contributed by atoms with Gasteiger partial charge in [-0.15, -0.1) is 0 Å². The molecule has 6 heteroatoms. The largest absolute Gasteiger partial charge is 0.494 e. The molecule has 0 aliphatic carbocycles. The summed E-state index contributed by atoms with van der Waals surface area (Å²) < 4.78 is 11.1. The maximum Gasteiger partial charge on any atom is 0.336 e. The Bertz CT molecular complexity index is 1090. The first-order valence-electron chi connectivity index (χ1n) is 10.8. The molecule has 0 atom stereocenters. The zero-order chi connectivity index (χ0) is 21.6. The summed E-state index contributed by atoms with van der Waals surface area (Å²) in [6, 6.07) is 16.7. The quantitative estimate of drug-likeness (QED) is 0.465. The van der Waals surface area contributed by atoms with Gasteiger partial charge in [0.2, 0.25) is 0 Å². The molecule has 1 aliphatic rings. The number of amides is 1. The predicted molar refractivity (Wildman–Crippen MR) is 121 cm³/mol. The van der Waals surface area contributed by atoms with Crippen LogP contribution in [0.25, 0.3) is 11.0 Å². The highest BCUT2D eigenvalue weighted by molar-refractivity contribution is 5.94. The van der Waals surface area contributed by atoms with Crippen molar-refractivity contribution in [2.75, 3.05) is 26.2 Å². The molecule has 3 aromatic rings. The molecular weight excluding hydrogens is 392 g/mol. The van der Waals surface area contributed by atoms with Crippen molar-refractivity contribution in [3.63, 3.8) is 0 Å². The second kappa shape index (κ2) is 9.79. The van der Waals surface area contributed by atoms with Gasteiger partial charge in [0.15, 0.2) is 0 Å². The minimum atomic E-state index is -0.331. The van der Waals surface area contributed by atoms with Crippen molar-refractivity contribution in [2.24, 2.45) is 0 Å². The van der Waals surface area contributed by atoms with Gasteiger partial charge in [0.25, 0.3) is 5.91 Å². The number of fused-ring (bicyclic) bond motifs is 1. The molecule has 0 unspecified atom stereocenters. The maximum absolute atomic E-state index is 12.3. The second-order valence-electron chi connectivity index (χ2n) is 8.06. The number of likely N-dealkylation sites (tertiary alicyclic amines) is 1. The smallest absolute Gasteiger partial charge is 0.336 e. The van der Waals surface area contributed by atoms with Crippen LogP contribution in [-0.4, -0.2) is 43.1 Å². The summed E-state index contributed by atoms with van der Waals surface area (Å²) in [7, 11) is 0. The predicted octanol–water partition coefficient (Wildman–Crippen LogP) is 3.76. The van der Waals surface area contributed by atoms with E-state index in [9.17, 15) is 9.59 Å². The van der Waals surface area contributed by atoms with Crippen molar-refractivity contribution >= 4 is 16.9 Å². The van der Waals surface area contributed by atoms with Crippen LogP contribution in [0.1, 0.15) is 35.2 Å². The van der Waals surface area contributed by atoms with Crippen molar-refractivity contribution in [2.45, 2.75) is 32.2 Å². The number of rotatable bonds is 7. The van der Waals surface area contributed by atoms with Gasteiger partial charge in [0.1, 0.15) is 11.3 Å². The first-order chi connectivity index (χ1) is 15.1. The number of ether oxygens (including phenoxy) is 1. The third kappa shape index (κ3) is 5.52. The van der Waals surface area contributed by atoms with E-state index in [4.69, 9.17) is 9.15 Å². The highest BCUT2D eigenvalue weighted by Crippen LogP contribution is 2.22. The van der Waals surface area contributed by atoms with Crippen molar-refractivity contribution in [3.05, 3.63) is 76.1 Å². The Kier molecular flexibility index (Phi) is 6.67. The van der Waals surface area contributed by atoms with Gasteiger partial charge in [-0.25, -0.2) is 4.79 Å².